The molecule has 0 atom stereocenters. The molecule has 5 heteroatoms. The molecule has 24 heavy (non-hydrogen) atoms. The van der Waals surface area contributed by atoms with Gasteiger partial charge in [-0.15, -0.1) is 0 Å². The van der Waals surface area contributed by atoms with E-state index in [0.29, 0.717) is 11.3 Å². The summed E-state index contributed by atoms with van der Waals surface area (Å²) < 4.78 is 15.6. The number of carbonyl (C=O) groups excluding carboxylic acids is 2. The van der Waals surface area contributed by atoms with Crippen LogP contribution in [0.4, 0.5) is 0 Å². The first kappa shape index (κ1) is 17.8. The molecule has 0 saturated heterocycles. The number of benzene rings is 2. The molecule has 0 aliphatic carbocycles. The maximum absolute atomic E-state index is 12.6. The van der Waals surface area contributed by atoms with Crippen molar-refractivity contribution >= 4 is 22.7 Å². The minimum atomic E-state index is -1.54. The summed E-state index contributed by atoms with van der Waals surface area (Å²) in [5.74, 6) is -0.609. The molecule has 0 spiro atoms. The maximum atomic E-state index is 12.6. The first-order valence-corrected chi connectivity index (χ1v) is 7.90. The van der Waals surface area contributed by atoms with Gasteiger partial charge in [0.05, 0.1) is 20.3 Å². The molecule has 0 heterocycles. The fourth-order valence-corrected chi connectivity index (χ4v) is 2.67. The first-order chi connectivity index (χ1) is 11.5. The molecule has 0 aromatic heterocycles. The van der Waals surface area contributed by atoms with Crippen molar-refractivity contribution in [1.29, 1.82) is 0 Å². The van der Waals surface area contributed by atoms with E-state index in [1.807, 2.05) is 18.2 Å². The van der Waals surface area contributed by atoms with Gasteiger partial charge < -0.3 is 14.2 Å². The minimum absolute atomic E-state index is 0.182. The molecule has 0 fully saturated rings. The van der Waals surface area contributed by atoms with Gasteiger partial charge in [0.1, 0.15) is 5.75 Å². The third kappa shape index (κ3) is 3.07. The normalized spacial score (nSPS) is 11.2. The highest BCUT2D eigenvalue weighted by atomic mass is 16.6. The number of rotatable bonds is 6. The molecule has 2 aromatic carbocycles. The lowest BCUT2D eigenvalue weighted by atomic mass is 9.79. The van der Waals surface area contributed by atoms with Gasteiger partial charge in [-0.3, -0.25) is 9.59 Å². The van der Waals surface area contributed by atoms with E-state index in [1.54, 1.807) is 39.2 Å². The number of esters is 2. The number of ether oxygens (including phenoxy) is 3. The molecule has 5 nitrogen and oxygen atoms in total. The zero-order chi connectivity index (χ0) is 17.7. The summed E-state index contributed by atoms with van der Waals surface area (Å²) in [7, 11) is 1.57. The Morgan fingerprint density at radius 3 is 2.17 bits per heavy atom. The van der Waals surface area contributed by atoms with Crippen LogP contribution in [0.25, 0.3) is 10.8 Å². The average molecular weight is 330 g/mol. The Bertz CT molecular complexity index is 733. The summed E-state index contributed by atoms with van der Waals surface area (Å²) in [6, 6.07) is 11.0. The monoisotopic (exact) mass is 330 g/mol. The van der Waals surface area contributed by atoms with E-state index in [-0.39, 0.29) is 13.2 Å². The number of hydrogen-bond donors (Lipinski definition) is 0. The van der Waals surface area contributed by atoms with Crippen LogP contribution in [0.5, 0.6) is 5.75 Å². The van der Waals surface area contributed by atoms with E-state index >= 15 is 0 Å². The highest BCUT2D eigenvalue weighted by Gasteiger charge is 2.47. The number of hydrogen-bond acceptors (Lipinski definition) is 5. The number of methoxy groups -OCH3 is 1. The largest absolute Gasteiger partial charge is 0.497 e. The quantitative estimate of drug-likeness (QED) is 0.601. The van der Waals surface area contributed by atoms with Crippen molar-refractivity contribution < 1.29 is 23.8 Å². The lowest BCUT2D eigenvalue weighted by molar-refractivity contribution is -0.163. The predicted octanol–water partition coefficient (Wildman–Crippen LogP) is 3.23. The predicted molar refractivity (Wildman–Crippen MR) is 91.1 cm³/mol. The molecule has 2 rings (SSSR count). The fraction of sp³-hybridized carbons (Fsp3) is 0.368. The summed E-state index contributed by atoms with van der Waals surface area (Å²) in [5.41, 5.74) is -1.01. The second-order valence-corrected chi connectivity index (χ2v) is 5.46. The Labute approximate surface area is 141 Å². The van der Waals surface area contributed by atoms with E-state index in [1.165, 1.54) is 6.92 Å². The maximum Gasteiger partial charge on any atom is 0.327 e. The van der Waals surface area contributed by atoms with Crippen molar-refractivity contribution in [3.63, 3.8) is 0 Å². The van der Waals surface area contributed by atoms with Crippen LogP contribution in [-0.4, -0.2) is 32.3 Å². The highest BCUT2D eigenvalue weighted by molar-refractivity contribution is 6.09. The van der Waals surface area contributed by atoms with Gasteiger partial charge in [-0.2, -0.15) is 0 Å². The van der Waals surface area contributed by atoms with Crippen molar-refractivity contribution in [3.8, 4) is 5.75 Å². The molecule has 2 aromatic rings. The summed E-state index contributed by atoms with van der Waals surface area (Å²) in [6.07, 6.45) is 0. The minimum Gasteiger partial charge on any atom is -0.497 e. The van der Waals surface area contributed by atoms with Crippen LogP contribution in [0, 0.1) is 0 Å². The van der Waals surface area contributed by atoms with Gasteiger partial charge in [-0.1, -0.05) is 24.3 Å². The molecule has 0 aliphatic rings. The van der Waals surface area contributed by atoms with Crippen LogP contribution < -0.4 is 4.74 Å². The Morgan fingerprint density at radius 1 is 1.00 bits per heavy atom. The Morgan fingerprint density at radius 2 is 1.62 bits per heavy atom. The third-order valence-electron chi connectivity index (χ3n) is 4.00. The molecular weight excluding hydrogens is 308 g/mol. The second-order valence-electron chi connectivity index (χ2n) is 5.46. The summed E-state index contributed by atoms with van der Waals surface area (Å²) in [6.45, 7) is 5.31. The SMILES string of the molecule is CCOC(=O)C(C)(C(=O)OCC)c1cccc2ccc(OC)cc12. The molecule has 0 amide bonds. The van der Waals surface area contributed by atoms with Gasteiger partial charge in [-0.05, 0) is 49.2 Å². The average Bonchev–Trinajstić information content (AvgIpc) is 2.60. The highest BCUT2D eigenvalue weighted by Crippen LogP contribution is 2.35. The molecule has 0 bridgehead atoms. The van der Waals surface area contributed by atoms with Gasteiger partial charge in [0.15, 0.2) is 5.41 Å². The summed E-state index contributed by atoms with van der Waals surface area (Å²) in [5, 5.41) is 1.65. The molecule has 0 N–H and O–H groups in total. The van der Waals surface area contributed by atoms with Crippen LogP contribution in [-0.2, 0) is 24.5 Å². The molecule has 0 saturated carbocycles. The molecule has 128 valence electrons. The van der Waals surface area contributed by atoms with E-state index < -0.39 is 17.4 Å². The molecular formula is C19H22O5. The van der Waals surface area contributed by atoms with E-state index in [2.05, 4.69) is 0 Å². The second kappa shape index (κ2) is 7.34. The van der Waals surface area contributed by atoms with Crippen LogP contribution in [0.3, 0.4) is 0 Å². The standard InChI is InChI=1S/C19H22O5/c1-5-23-17(20)19(3,18(21)24-6-2)16-9-7-8-13-10-11-14(22-4)12-15(13)16/h7-12H,5-6H2,1-4H3. The van der Waals surface area contributed by atoms with Crippen LogP contribution in [0.2, 0.25) is 0 Å². The fourth-order valence-electron chi connectivity index (χ4n) is 2.67. The van der Waals surface area contributed by atoms with Gasteiger partial charge in [0.2, 0.25) is 0 Å². The van der Waals surface area contributed by atoms with Crippen molar-refractivity contribution in [1.82, 2.24) is 0 Å². The topological polar surface area (TPSA) is 61.8 Å². The van der Waals surface area contributed by atoms with Crippen LogP contribution >= 0.6 is 0 Å². The van der Waals surface area contributed by atoms with Crippen molar-refractivity contribution in [3.05, 3.63) is 42.0 Å². The van der Waals surface area contributed by atoms with Crippen molar-refractivity contribution in [2.45, 2.75) is 26.2 Å². The van der Waals surface area contributed by atoms with Gasteiger partial charge >= 0.3 is 11.9 Å². The van der Waals surface area contributed by atoms with Crippen molar-refractivity contribution in [2.75, 3.05) is 20.3 Å². The Balaban J connectivity index is 2.71. The Kier molecular flexibility index (Phi) is 5.44. The van der Waals surface area contributed by atoms with E-state index in [4.69, 9.17) is 14.2 Å². The number of carbonyl (C=O) groups is 2. The number of fused-ring (bicyclic) bond motifs is 1. The van der Waals surface area contributed by atoms with Crippen molar-refractivity contribution in [2.24, 2.45) is 0 Å². The molecule has 0 radical (unpaired) electrons. The molecule has 0 aliphatic heterocycles. The third-order valence-corrected chi connectivity index (χ3v) is 4.00. The van der Waals surface area contributed by atoms with Gasteiger partial charge in [-0.25, -0.2) is 0 Å². The van der Waals surface area contributed by atoms with E-state index in [0.717, 1.165) is 10.8 Å². The first-order valence-electron chi connectivity index (χ1n) is 7.90. The van der Waals surface area contributed by atoms with Gasteiger partial charge in [0.25, 0.3) is 0 Å². The smallest absolute Gasteiger partial charge is 0.327 e. The lowest BCUT2D eigenvalue weighted by Crippen LogP contribution is -2.43. The van der Waals surface area contributed by atoms with Crippen LogP contribution in [0.1, 0.15) is 26.3 Å². The molecule has 0 unspecified atom stereocenters. The Hall–Kier alpha value is -2.56. The summed E-state index contributed by atoms with van der Waals surface area (Å²) in [4.78, 5) is 25.3. The zero-order valence-electron chi connectivity index (χ0n) is 14.4. The van der Waals surface area contributed by atoms with Gasteiger partial charge in [0, 0.05) is 0 Å². The summed E-state index contributed by atoms with van der Waals surface area (Å²) >= 11 is 0. The lowest BCUT2D eigenvalue weighted by Gasteiger charge is -2.26. The van der Waals surface area contributed by atoms with Crippen LogP contribution in [0.15, 0.2) is 36.4 Å². The van der Waals surface area contributed by atoms with E-state index in [9.17, 15) is 9.59 Å². The zero-order valence-corrected chi connectivity index (χ0v) is 14.4.